The fourth-order valence-corrected chi connectivity index (χ4v) is 2.16. The zero-order chi connectivity index (χ0) is 20.0. The van der Waals surface area contributed by atoms with E-state index < -0.39 is 5.41 Å². The van der Waals surface area contributed by atoms with Crippen molar-refractivity contribution in [3.63, 3.8) is 0 Å². The average molecular weight is 368 g/mol. The Morgan fingerprint density at radius 2 is 1.56 bits per heavy atom. The van der Waals surface area contributed by atoms with Crippen molar-refractivity contribution in [2.24, 2.45) is 11.3 Å². The minimum atomic E-state index is -0.487. The van der Waals surface area contributed by atoms with E-state index in [0.717, 1.165) is 5.75 Å². The zero-order valence-electron chi connectivity index (χ0n) is 16.6. The summed E-state index contributed by atoms with van der Waals surface area (Å²) in [5, 5.41) is 5.71. The van der Waals surface area contributed by atoms with Crippen LogP contribution in [0.3, 0.4) is 0 Å². The Balaban J connectivity index is 2.01. The van der Waals surface area contributed by atoms with Crippen molar-refractivity contribution in [1.82, 2.24) is 0 Å². The van der Waals surface area contributed by atoms with Crippen LogP contribution in [0.1, 0.15) is 45.0 Å². The highest BCUT2D eigenvalue weighted by Gasteiger charge is 2.21. The molecule has 0 aliphatic carbocycles. The highest BCUT2D eigenvalue weighted by molar-refractivity contribution is 6.04. The Labute approximate surface area is 161 Å². The van der Waals surface area contributed by atoms with Crippen LogP contribution in [-0.4, -0.2) is 18.4 Å². The Kier molecular flexibility index (Phi) is 6.61. The lowest BCUT2D eigenvalue weighted by Crippen LogP contribution is -2.27. The predicted octanol–water partition coefficient (Wildman–Crippen LogP) is 4.96. The monoisotopic (exact) mass is 368 g/mol. The smallest absolute Gasteiger partial charge is 0.255 e. The normalized spacial score (nSPS) is 11.2. The molecule has 5 heteroatoms. The molecule has 5 nitrogen and oxygen atoms in total. The number of anilines is 2. The van der Waals surface area contributed by atoms with Gasteiger partial charge in [-0.1, -0.05) is 40.7 Å². The number of hydrogen-bond acceptors (Lipinski definition) is 3. The van der Waals surface area contributed by atoms with Gasteiger partial charge in [-0.3, -0.25) is 9.59 Å². The molecule has 0 aliphatic heterocycles. The van der Waals surface area contributed by atoms with Gasteiger partial charge in [0.15, 0.2) is 0 Å². The highest BCUT2D eigenvalue weighted by Crippen LogP contribution is 2.21. The molecule has 144 valence electrons. The Bertz CT molecular complexity index is 790. The minimum Gasteiger partial charge on any atom is -0.493 e. The number of carbonyl (C=O) groups is 2. The summed E-state index contributed by atoms with van der Waals surface area (Å²) in [5.41, 5.74) is 1.31. The van der Waals surface area contributed by atoms with Gasteiger partial charge >= 0.3 is 0 Å². The van der Waals surface area contributed by atoms with Gasteiger partial charge < -0.3 is 15.4 Å². The van der Waals surface area contributed by atoms with E-state index in [-0.39, 0.29) is 11.8 Å². The van der Waals surface area contributed by atoms with Crippen LogP contribution in [0.4, 0.5) is 11.4 Å². The van der Waals surface area contributed by atoms with Gasteiger partial charge in [-0.25, -0.2) is 0 Å². The second kappa shape index (κ2) is 8.71. The average Bonchev–Trinajstić information content (AvgIpc) is 2.60. The van der Waals surface area contributed by atoms with E-state index in [1.807, 2.05) is 20.8 Å². The second-order valence-electron chi connectivity index (χ2n) is 7.97. The molecule has 0 saturated heterocycles. The molecular formula is C22H28N2O3. The summed E-state index contributed by atoms with van der Waals surface area (Å²) in [6.45, 7) is 10.4. The minimum absolute atomic E-state index is 0.0806. The summed E-state index contributed by atoms with van der Waals surface area (Å²) < 4.78 is 5.63. The van der Waals surface area contributed by atoms with Crippen molar-refractivity contribution >= 4 is 23.2 Å². The number of nitrogens with one attached hydrogen (secondary N) is 2. The standard InChI is InChI=1S/C22H28N2O3/c1-15(2)14-27-19-11-9-16(10-12-19)20(25)23-17-7-6-8-18(13-17)24-21(26)22(3,4)5/h6-13,15H,14H2,1-5H3,(H,23,25)(H,24,26). The molecule has 0 heterocycles. The Morgan fingerprint density at radius 3 is 2.11 bits per heavy atom. The molecule has 0 spiro atoms. The van der Waals surface area contributed by atoms with Crippen LogP contribution in [0.5, 0.6) is 5.75 Å². The Hall–Kier alpha value is -2.82. The van der Waals surface area contributed by atoms with Gasteiger partial charge in [0.25, 0.3) is 5.91 Å². The third-order valence-electron chi connectivity index (χ3n) is 3.76. The largest absolute Gasteiger partial charge is 0.493 e. The van der Waals surface area contributed by atoms with Crippen LogP contribution in [0.2, 0.25) is 0 Å². The molecule has 27 heavy (non-hydrogen) atoms. The Morgan fingerprint density at radius 1 is 0.963 bits per heavy atom. The van der Waals surface area contributed by atoms with Gasteiger partial charge in [0.05, 0.1) is 6.61 Å². The van der Waals surface area contributed by atoms with Crippen LogP contribution >= 0.6 is 0 Å². The lowest BCUT2D eigenvalue weighted by molar-refractivity contribution is -0.123. The van der Waals surface area contributed by atoms with Crippen LogP contribution in [-0.2, 0) is 4.79 Å². The molecule has 0 bridgehead atoms. The first kappa shape index (κ1) is 20.5. The van der Waals surface area contributed by atoms with Gasteiger partial charge in [-0.2, -0.15) is 0 Å². The van der Waals surface area contributed by atoms with E-state index in [4.69, 9.17) is 4.74 Å². The van der Waals surface area contributed by atoms with Gasteiger partial charge in [-0.15, -0.1) is 0 Å². The van der Waals surface area contributed by atoms with E-state index in [9.17, 15) is 9.59 Å². The third kappa shape index (κ3) is 6.44. The molecule has 2 rings (SSSR count). The summed E-state index contributed by atoms with van der Waals surface area (Å²) >= 11 is 0. The van der Waals surface area contributed by atoms with Gasteiger partial charge in [0.2, 0.25) is 5.91 Å². The fraction of sp³-hybridized carbons (Fsp3) is 0.364. The predicted molar refractivity (Wildman–Crippen MR) is 109 cm³/mol. The number of rotatable bonds is 6. The molecule has 0 saturated carbocycles. The van der Waals surface area contributed by atoms with E-state index in [1.54, 1.807) is 48.5 Å². The first-order valence-corrected chi connectivity index (χ1v) is 9.11. The molecule has 0 fully saturated rings. The van der Waals surface area contributed by atoms with Crippen molar-refractivity contribution in [1.29, 1.82) is 0 Å². The maximum atomic E-state index is 12.4. The summed E-state index contributed by atoms with van der Waals surface area (Å²) in [4.78, 5) is 24.6. The van der Waals surface area contributed by atoms with Crippen molar-refractivity contribution in [2.45, 2.75) is 34.6 Å². The lowest BCUT2D eigenvalue weighted by atomic mass is 9.95. The van der Waals surface area contributed by atoms with E-state index in [1.165, 1.54) is 0 Å². The van der Waals surface area contributed by atoms with Gasteiger partial charge in [0, 0.05) is 22.4 Å². The molecule has 2 N–H and O–H groups in total. The van der Waals surface area contributed by atoms with E-state index >= 15 is 0 Å². The number of ether oxygens (including phenoxy) is 1. The van der Waals surface area contributed by atoms with Crippen molar-refractivity contribution in [3.8, 4) is 5.75 Å². The van der Waals surface area contributed by atoms with E-state index in [2.05, 4.69) is 24.5 Å². The second-order valence-corrected chi connectivity index (χ2v) is 7.97. The maximum absolute atomic E-state index is 12.4. The summed E-state index contributed by atoms with van der Waals surface area (Å²) in [5.74, 6) is 0.888. The fourth-order valence-electron chi connectivity index (χ4n) is 2.16. The number of carbonyl (C=O) groups excluding carboxylic acids is 2. The lowest BCUT2D eigenvalue weighted by Gasteiger charge is -2.18. The number of hydrogen-bond donors (Lipinski definition) is 2. The van der Waals surface area contributed by atoms with Gasteiger partial charge in [-0.05, 0) is 48.4 Å². The first-order valence-electron chi connectivity index (χ1n) is 9.11. The van der Waals surface area contributed by atoms with Gasteiger partial charge in [0.1, 0.15) is 5.75 Å². The molecule has 2 aromatic carbocycles. The van der Waals surface area contributed by atoms with Crippen LogP contribution in [0.15, 0.2) is 48.5 Å². The molecule has 0 radical (unpaired) electrons. The number of amides is 2. The van der Waals surface area contributed by atoms with Crippen molar-refractivity contribution in [2.75, 3.05) is 17.2 Å². The zero-order valence-corrected chi connectivity index (χ0v) is 16.6. The SMILES string of the molecule is CC(C)COc1ccc(C(=O)Nc2cccc(NC(=O)C(C)(C)C)c2)cc1. The molecular weight excluding hydrogens is 340 g/mol. The summed E-state index contributed by atoms with van der Waals surface area (Å²) in [6.07, 6.45) is 0. The van der Waals surface area contributed by atoms with Crippen molar-refractivity contribution in [3.05, 3.63) is 54.1 Å². The van der Waals surface area contributed by atoms with Crippen LogP contribution in [0, 0.1) is 11.3 Å². The third-order valence-corrected chi connectivity index (χ3v) is 3.76. The molecule has 0 atom stereocenters. The van der Waals surface area contributed by atoms with E-state index in [0.29, 0.717) is 29.5 Å². The summed E-state index contributed by atoms with van der Waals surface area (Å²) in [7, 11) is 0. The first-order chi connectivity index (χ1) is 12.6. The van der Waals surface area contributed by atoms with Crippen LogP contribution < -0.4 is 15.4 Å². The van der Waals surface area contributed by atoms with Crippen molar-refractivity contribution < 1.29 is 14.3 Å². The molecule has 2 aromatic rings. The molecule has 2 amide bonds. The topological polar surface area (TPSA) is 67.4 Å². The number of benzene rings is 2. The summed E-state index contributed by atoms with van der Waals surface area (Å²) in [6, 6.07) is 14.1. The highest BCUT2D eigenvalue weighted by atomic mass is 16.5. The molecule has 0 unspecified atom stereocenters. The quantitative estimate of drug-likeness (QED) is 0.757. The maximum Gasteiger partial charge on any atom is 0.255 e. The molecule has 0 aliphatic rings. The van der Waals surface area contributed by atoms with Crippen LogP contribution in [0.25, 0.3) is 0 Å². The molecule has 0 aromatic heterocycles.